The zero-order chi connectivity index (χ0) is 15.8. The first kappa shape index (κ1) is 16.1. The predicted molar refractivity (Wildman–Crippen MR) is 85.1 cm³/mol. The van der Waals surface area contributed by atoms with E-state index in [0.717, 1.165) is 17.0 Å². The Morgan fingerprint density at radius 1 is 1.33 bits per heavy atom. The molecule has 118 valence electrons. The van der Waals surface area contributed by atoms with E-state index in [1.54, 1.807) is 7.11 Å². The van der Waals surface area contributed by atoms with Gasteiger partial charge < -0.3 is 10.1 Å². The number of hydrogen-bond acceptors (Lipinski definition) is 4. The molecule has 0 bridgehead atoms. The van der Waals surface area contributed by atoms with Crippen LogP contribution in [-0.4, -0.2) is 27.8 Å². The van der Waals surface area contributed by atoms with Crippen LogP contribution in [0, 0.1) is 11.8 Å². The minimum absolute atomic E-state index is 0.138. The molecule has 2 rings (SSSR count). The van der Waals surface area contributed by atoms with Gasteiger partial charge in [-0.3, -0.25) is 0 Å². The van der Waals surface area contributed by atoms with Crippen molar-refractivity contribution in [3.8, 4) is 5.75 Å². The maximum atomic E-state index is 11.7. The fourth-order valence-electron chi connectivity index (χ4n) is 3.03. The lowest BCUT2D eigenvalue weighted by Gasteiger charge is -2.41. The summed E-state index contributed by atoms with van der Waals surface area (Å²) in [5.41, 5.74) is 1.90. The zero-order valence-corrected chi connectivity index (χ0v) is 14.0. The molecule has 0 radical (unpaired) electrons. The molecule has 0 aliphatic carbocycles. The molecule has 5 nitrogen and oxygen atoms in total. The van der Waals surface area contributed by atoms with E-state index < -0.39 is 10.0 Å². The van der Waals surface area contributed by atoms with E-state index in [0.29, 0.717) is 5.92 Å². The number of fused-ring (bicyclic) bond motifs is 1. The molecule has 1 aliphatic heterocycles. The molecule has 1 aliphatic rings. The molecule has 0 saturated heterocycles. The van der Waals surface area contributed by atoms with Crippen LogP contribution in [0.2, 0.25) is 0 Å². The van der Waals surface area contributed by atoms with Gasteiger partial charge in [0.05, 0.1) is 19.4 Å². The van der Waals surface area contributed by atoms with E-state index in [1.165, 1.54) is 6.26 Å². The van der Waals surface area contributed by atoms with Crippen molar-refractivity contribution in [2.45, 2.75) is 32.9 Å². The van der Waals surface area contributed by atoms with Gasteiger partial charge in [0.1, 0.15) is 5.75 Å². The number of hydrogen-bond donors (Lipinski definition) is 2. The molecular formula is C15H24N2O3S. The Morgan fingerprint density at radius 2 is 2.00 bits per heavy atom. The highest BCUT2D eigenvalue weighted by Crippen LogP contribution is 2.40. The van der Waals surface area contributed by atoms with E-state index in [9.17, 15) is 8.42 Å². The molecule has 0 fully saturated rings. The molecule has 2 N–H and O–H groups in total. The lowest BCUT2D eigenvalue weighted by atomic mass is 9.80. The van der Waals surface area contributed by atoms with Gasteiger partial charge in [-0.15, -0.1) is 0 Å². The number of ether oxygens (including phenoxy) is 1. The third-order valence-corrected chi connectivity index (χ3v) is 4.75. The standard InChI is InChI=1S/C15H24N2O3S/c1-9(2)14-10(3)15(17-21(5,18)19)12-8-11(20-4)6-7-13(12)16-14/h6-10,14-17H,1-5H3/t10-,14-,15+/m1/s1. The second kappa shape index (κ2) is 5.85. The van der Waals surface area contributed by atoms with E-state index in [1.807, 2.05) is 18.2 Å². The second-order valence-electron chi connectivity index (χ2n) is 6.09. The molecule has 1 heterocycles. The van der Waals surface area contributed by atoms with Gasteiger partial charge in [-0.25, -0.2) is 13.1 Å². The van der Waals surface area contributed by atoms with Crippen LogP contribution >= 0.6 is 0 Å². The molecule has 1 aromatic rings. The summed E-state index contributed by atoms with van der Waals surface area (Å²) < 4.78 is 31.5. The largest absolute Gasteiger partial charge is 0.497 e. The first-order valence-electron chi connectivity index (χ1n) is 7.14. The molecule has 21 heavy (non-hydrogen) atoms. The van der Waals surface area contributed by atoms with Crippen LogP contribution < -0.4 is 14.8 Å². The van der Waals surface area contributed by atoms with Gasteiger partial charge in [0.15, 0.2) is 0 Å². The molecular weight excluding hydrogens is 288 g/mol. The van der Waals surface area contributed by atoms with Crippen LogP contribution in [0.3, 0.4) is 0 Å². The molecule has 0 saturated carbocycles. The molecule has 3 atom stereocenters. The van der Waals surface area contributed by atoms with Crippen molar-refractivity contribution in [3.63, 3.8) is 0 Å². The summed E-state index contributed by atoms with van der Waals surface area (Å²) >= 11 is 0. The normalized spacial score (nSPS) is 25.3. The fourth-order valence-corrected chi connectivity index (χ4v) is 3.84. The third-order valence-electron chi connectivity index (χ3n) is 4.07. The Labute approximate surface area is 127 Å². The van der Waals surface area contributed by atoms with Crippen molar-refractivity contribution < 1.29 is 13.2 Å². The Kier molecular flexibility index (Phi) is 4.49. The monoisotopic (exact) mass is 312 g/mol. The first-order valence-corrected chi connectivity index (χ1v) is 9.04. The van der Waals surface area contributed by atoms with Crippen molar-refractivity contribution in [1.29, 1.82) is 0 Å². The van der Waals surface area contributed by atoms with Crippen LogP contribution in [0.5, 0.6) is 5.75 Å². The predicted octanol–water partition coefficient (Wildman–Crippen LogP) is 2.37. The number of methoxy groups -OCH3 is 1. The fraction of sp³-hybridized carbons (Fsp3) is 0.600. The first-order chi connectivity index (χ1) is 9.73. The van der Waals surface area contributed by atoms with Crippen LogP contribution in [0.4, 0.5) is 5.69 Å². The van der Waals surface area contributed by atoms with E-state index >= 15 is 0 Å². The molecule has 0 unspecified atom stereocenters. The summed E-state index contributed by atoms with van der Waals surface area (Å²) in [5.74, 6) is 1.27. The van der Waals surface area contributed by atoms with Crippen molar-refractivity contribution in [2.75, 3.05) is 18.7 Å². The molecule has 6 heteroatoms. The quantitative estimate of drug-likeness (QED) is 0.896. The lowest BCUT2D eigenvalue weighted by molar-refractivity contribution is 0.310. The number of benzene rings is 1. The summed E-state index contributed by atoms with van der Waals surface area (Å²) in [4.78, 5) is 0. The molecule has 0 aromatic heterocycles. The van der Waals surface area contributed by atoms with Crippen LogP contribution in [0.1, 0.15) is 32.4 Å². The smallest absolute Gasteiger partial charge is 0.209 e. The Bertz CT molecular complexity index is 613. The SMILES string of the molecule is COc1ccc2c(c1)[C@@H](NS(C)(=O)=O)[C@H](C)[C@@H](C(C)C)N2. The van der Waals surface area contributed by atoms with Crippen LogP contribution in [0.15, 0.2) is 18.2 Å². The highest BCUT2D eigenvalue weighted by molar-refractivity contribution is 7.88. The van der Waals surface area contributed by atoms with Gasteiger partial charge in [-0.05, 0) is 35.6 Å². The number of rotatable bonds is 4. The average Bonchev–Trinajstić information content (AvgIpc) is 2.39. The Morgan fingerprint density at radius 3 is 2.52 bits per heavy atom. The number of sulfonamides is 1. The van der Waals surface area contributed by atoms with Gasteiger partial charge in [-0.2, -0.15) is 0 Å². The topological polar surface area (TPSA) is 67.4 Å². The second-order valence-corrected chi connectivity index (χ2v) is 7.87. The minimum Gasteiger partial charge on any atom is -0.497 e. The highest BCUT2D eigenvalue weighted by Gasteiger charge is 2.36. The highest BCUT2D eigenvalue weighted by atomic mass is 32.2. The molecule has 1 aromatic carbocycles. The van der Waals surface area contributed by atoms with Gasteiger partial charge in [-0.1, -0.05) is 20.8 Å². The van der Waals surface area contributed by atoms with E-state index in [-0.39, 0.29) is 18.0 Å². The zero-order valence-electron chi connectivity index (χ0n) is 13.2. The number of anilines is 1. The summed E-state index contributed by atoms with van der Waals surface area (Å²) in [5, 5.41) is 3.52. The van der Waals surface area contributed by atoms with Crippen molar-refractivity contribution in [3.05, 3.63) is 23.8 Å². The van der Waals surface area contributed by atoms with Gasteiger partial charge >= 0.3 is 0 Å². The van der Waals surface area contributed by atoms with Gasteiger partial charge in [0, 0.05) is 11.7 Å². The summed E-state index contributed by atoms with van der Waals surface area (Å²) in [6, 6.07) is 5.70. The third kappa shape index (κ3) is 3.49. The molecule has 0 spiro atoms. The summed E-state index contributed by atoms with van der Waals surface area (Å²) in [6.45, 7) is 6.35. The van der Waals surface area contributed by atoms with Crippen LogP contribution in [-0.2, 0) is 10.0 Å². The average molecular weight is 312 g/mol. The summed E-state index contributed by atoms with van der Waals surface area (Å²) in [7, 11) is -1.68. The molecule has 0 amide bonds. The van der Waals surface area contributed by atoms with E-state index in [4.69, 9.17) is 4.74 Å². The Balaban J connectivity index is 2.49. The lowest BCUT2D eigenvalue weighted by Crippen LogP contribution is -2.45. The van der Waals surface area contributed by atoms with Gasteiger partial charge in [0.25, 0.3) is 0 Å². The van der Waals surface area contributed by atoms with Crippen molar-refractivity contribution in [2.24, 2.45) is 11.8 Å². The summed E-state index contributed by atoms with van der Waals surface area (Å²) in [6.07, 6.45) is 1.20. The number of nitrogens with one attached hydrogen (secondary N) is 2. The van der Waals surface area contributed by atoms with Gasteiger partial charge in [0.2, 0.25) is 10.0 Å². The van der Waals surface area contributed by atoms with Crippen molar-refractivity contribution >= 4 is 15.7 Å². The Hall–Kier alpha value is -1.27. The maximum Gasteiger partial charge on any atom is 0.209 e. The van der Waals surface area contributed by atoms with Crippen molar-refractivity contribution in [1.82, 2.24) is 4.72 Å². The maximum absolute atomic E-state index is 11.7. The minimum atomic E-state index is -3.29. The van der Waals surface area contributed by atoms with Crippen LogP contribution in [0.25, 0.3) is 0 Å². The van der Waals surface area contributed by atoms with E-state index in [2.05, 4.69) is 30.8 Å².